The Morgan fingerprint density at radius 2 is 1.43 bits per heavy atom. The van der Waals surface area contributed by atoms with E-state index in [1.165, 1.54) is 16.0 Å². The molecular weight excluding hydrogens is 286 g/mol. The molecule has 0 aliphatic rings. The molecule has 0 saturated carbocycles. The van der Waals surface area contributed by atoms with E-state index in [1.807, 2.05) is 12.1 Å². The molecule has 0 heterocycles. The Kier molecular flexibility index (Phi) is 6.41. The van der Waals surface area contributed by atoms with E-state index < -0.39 is 0 Å². The zero-order valence-corrected chi connectivity index (χ0v) is 16.2. The van der Waals surface area contributed by atoms with E-state index in [1.54, 1.807) is 0 Å². The van der Waals surface area contributed by atoms with Crippen LogP contribution in [-0.4, -0.2) is 33.2 Å². The molecule has 0 aromatic heterocycles. The van der Waals surface area contributed by atoms with Crippen LogP contribution in [0, 0.1) is 0 Å². The molecule has 130 valence electrons. The molecule has 1 N–H and O–H groups in total. The van der Waals surface area contributed by atoms with Gasteiger partial charge in [-0.1, -0.05) is 47.6 Å². The van der Waals surface area contributed by atoms with Crippen molar-refractivity contribution in [1.29, 1.82) is 0 Å². The average Bonchev–Trinajstić information content (AvgIpc) is 2.40. The van der Waals surface area contributed by atoms with Gasteiger partial charge in [-0.05, 0) is 34.1 Å². The Labute approximate surface area is 142 Å². The Morgan fingerprint density at radius 1 is 0.957 bits per heavy atom. The third kappa shape index (κ3) is 6.34. The minimum atomic E-state index is -0.213. The van der Waals surface area contributed by atoms with Crippen LogP contribution in [0.25, 0.3) is 0 Å². The van der Waals surface area contributed by atoms with Crippen LogP contribution in [0.1, 0.15) is 69.4 Å². The van der Waals surface area contributed by atoms with Gasteiger partial charge < -0.3 is 9.64 Å². The van der Waals surface area contributed by atoms with Crippen LogP contribution >= 0.6 is 0 Å². The van der Waals surface area contributed by atoms with Gasteiger partial charge in [0, 0.05) is 6.42 Å². The lowest BCUT2D eigenvalue weighted by Crippen LogP contribution is -3.05. The number of carbonyl (C=O) groups is 1. The first-order valence-electron chi connectivity index (χ1n) is 8.53. The van der Waals surface area contributed by atoms with Gasteiger partial charge in [0.05, 0.1) is 32.8 Å². The van der Waals surface area contributed by atoms with E-state index in [4.69, 9.17) is 4.74 Å². The second-order valence-corrected chi connectivity index (χ2v) is 8.75. The summed E-state index contributed by atoms with van der Waals surface area (Å²) in [7, 11) is 4.20. The molecule has 0 aliphatic heterocycles. The third-order valence-electron chi connectivity index (χ3n) is 3.96. The highest BCUT2D eigenvalue weighted by Gasteiger charge is 2.22. The van der Waals surface area contributed by atoms with Crippen LogP contribution in [0.15, 0.2) is 18.2 Å². The maximum atomic E-state index is 12.4. The van der Waals surface area contributed by atoms with Gasteiger partial charge in [0.2, 0.25) is 0 Å². The fourth-order valence-electron chi connectivity index (χ4n) is 2.29. The Hall–Kier alpha value is -1.35. The topological polar surface area (TPSA) is 30.7 Å². The second-order valence-electron chi connectivity index (χ2n) is 8.75. The van der Waals surface area contributed by atoms with Crippen molar-refractivity contribution in [1.82, 2.24) is 0 Å². The molecule has 1 aromatic carbocycles. The highest BCUT2D eigenvalue weighted by Crippen LogP contribution is 2.30. The van der Waals surface area contributed by atoms with Crippen molar-refractivity contribution in [3.05, 3.63) is 34.9 Å². The number of ether oxygens (including phenoxy) is 1. The molecule has 3 heteroatoms. The molecule has 0 atom stereocenters. The van der Waals surface area contributed by atoms with Crippen molar-refractivity contribution in [2.24, 2.45) is 0 Å². The van der Waals surface area contributed by atoms with E-state index in [-0.39, 0.29) is 16.8 Å². The minimum absolute atomic E-state index is 0.00454. The molecule has 23 heavy (non-hydrogen) atoms. The summed E-state index contributed by atoms with van der Waals surface area (Å²) in [6.07, 6.45) is 0.888. The Morgan fingerprint density at radius 3 is 1.83 bits per heavy atom. The van der Waals surface area contributed by atoms with Crippen LogP contribution < -0.4 is 4.90 Å². The van der Waals surface area contributed by atoms with Crippen molar-refractivity contribution in [2.45, 2.75) is 58.8 Å². The first-order chi connectivity index (χ1) is 10.4. The monoisotopic (exact) mass is 320 g/mol. The standard InChI is InChI=1S/C20H33NO2/c1-19(2,3)16-12-15(13-17(14-16)20(4,5)6)18(22)23-11-9-10-21(7)8/h12-14H,9-11H2,1-8H3/p+1. The van der Waals surface area contributed by atoms with Gasteiger partial charge in [-0.25, -0.2) is 4.79 Å². The molecule has 0 aliphatic carbocycles. The van der Waals surface area contributed by atoms with Crippen molar-refractivity contribution in [3.8, 4) is 0 Å². The molecule has 0 saturated heterocycles. The van der Waals surface area contributed by atoms with Crippen molar-refractivity contribution in [2.75, 3.05) is 27.2 Å². The number of nitrogens with one attached hydrogen (secondary N) is 1. The number of esters is 1. The lowest BCUT2D eigenvalue weighted by Gasteiger charge is -2.25. The van der Waals surface area contributed by atoms with E-state index in [9.17, 15) is 4.79 Å². The zero-order chi connectivity index (χ0) is 17.8. The molecule has 3 nitrogen and oxygen atoms in total. The molecule has 0 radical (unpaired) electrons. The van der Waals surface area contributed by atoms with Gasteiger partial charge in [0.25, 0.3) is 0 Å². The fraction of sp³-hybridized carbons (Fsp3) is 0.650. The lowest BCUT2D eigenvalue weighted by molar-refractivity contribution is -0.858. The highest BCUT2D eigenvalue weighted by atomic mass is 16.5. The zero-order valence-electron chi connectivity index (χ0n) is 16.2. The van der Waals surface area contributed by atoms with E-state index >= 15 is 0 Å². The van der Waals surface area contributed by atoms with Crippen molar-refractivity contribution >= 4 is 5.97 Å². The first kappa shape index (κ1) is 19.7. The predicted molar refractivity (Wildman–Crippen MR) is 96.4 cm³/mol. The van der Waals surface area contributed by atoms with Crippen LogP contribution in [0.4, 0.5) is 0 Å². The molecule has 0 unspecified atom stereocenters. The van der Waals surface area contributed by atoms with Crippen LogP contribution in [0.2, 0.25) is 0 Å². The number of rotatable bonds is 5. The van der Waals surface area contributed by atoms with Gasteiger partial charge in [-0.3, -0.25) is 0 Å². The van der Waals surface area contributed by atoms with Crippen molar-refractivity contribution in [3.63, 3.8) is 0 Å². The van der Waals surface area contributed by atoms with Gasteiger partial charge in [-0.2, -0.15) is 0 Å². The second kappa shape index (κ2) is 7.48. The summed E-state index contributed by atoms with van der Waals surface area (Å²) in [5.41, 5.74) is 3.03. The molecule has 0 fully saturated rings. The first-order valence-corrected chi connectivity index (χ1v) is 8.53. The summed E-state index contributed by atoms with van der Waals surface area (Å²) < 4.78 is 5.46. The summed E-state index contributed by atoms with van der Waals surface area (Å²) >= 11 is 0. The predicted octanol–water partition coefficient (Wildman–Crippen LogP) is 2.97. The SMILES string of the molecule is C[NH+](C)CCCOC(=O)c1cc(C(C)(C)C)cc(C(C)(C)C)c1. The molecular formula is C20H34NO2+. The number of quaternary nitrogens is 1. The molecule has 1 aromatic rings. The summed E-state index contributed by atoms with van der Waals surface area (Å²) in [4.78, 5) is 13.8. The van der Waals surface area contributed by atoms with Crippen LogP contribution in [-0.2, 0) is 15.6 Å². The summed E-state index contributed by atoms with van der Waals surface area (Å²) in [5.74, 6) is -0.213. The maximum Gasteiger partial charge on any atom is 0.338 e. The van der Waals surface area contributed by atoms with E-state index in [2.05, 4.69) is 61.7 Å². The van der Waals surface area contributed by atoms with Crippen LogP contribution in [0.5, 0.6) is 0 Å². The van der Waals surface area contributed by atoms with Gasteiger partial charge in [0.1, 0.15) is 0 Å². The van der Waals surface area contributed by atoms with Gasteiger partial charge >= 0.3 is 5.97 Å². The van der Waals surface area contributed by atoms with Gasteiger partial charge in [-0.15, -0.1) is 0 Å². The maximum absolute atomic E-state index is 12.4. The molecule has 1 rings (SSSR count). The summed E-state index contributed by atoms with van der Waals surface area (Å²) in [6.45, 7) is 14.5. The van der Waals surface area contributed by atoms with Crippen molar-refractivity contribution < 1.29 is 14.4 Å². The number of benzene rings is 1. The lowest BCUT2D eigenvalue weighted by atomic mass is 9.79. The normalized spacial score (nSPS) is 12.6. The molecule has 0 amide bonds. The highest BCUT2D eigenvalue weighted by molar-refractivity contribution is 5.90. The minimum Gasteiger partial charge on any atom is -0.462 e. The average molecular weight is 320 g/mol. The van der Waals surface area contributed by atoms with E-state index in [0.29, 0.717) is 12.2 Å². The smallest absolute Gasteiger partial charge is 0.338 e. The quantitative estimate of drug-likeness (QED) is 0.668. The summed E-state index contributed by atoms with van der Waals surface area (Å²) in [5, 5.41) is 0. The number of carbonyl (C=O) groups excluding carboxylic acids is 1. The van der Waals surface area contributed by atoms with Gasteiger partial charge in [0.15, 0.2) is 0 Å². The summed E-state index contributed by atoms with van der Waals surface area (Å²) in [6, 6.07) is 6.18. The Bertz CT molecular complexity index is 501. The Balaban J connectivity index is 2.99. The fourth-order valence-corrected chi connectivity index (χ4v) is 2.29. The molecule has 0 bridgehead atoms. The van der Waals surface area contributed by atoms with E-state index in [0.717, 1.165) is 13.0 Å². The molecule has 0 spiro atoms. The third-order valence-corrected chi connectivity index (χ3v) is 3.96. The number of hydrogen-bond donors (Lipinski definition) is 1. The number of hydrogen-bond acceptors (Lipinski definition) is 2. The van der Waals surface area contributed by atoms with Crippen LogP contribution in [0.3, 0.4) is 0 Å². The largest absolute Gasteiger partial charge is 0.462 e.